The number of benzene rings is 1. The van der Waals surface area contributed by atoms with Crippen molar-refractivity contribution in [3.63, 3.8) is 0 Å². The highest BCUT2D eigenvalue weighted by Gasteiger charge is 2.28. The van der Waals surface area contributed by atoms with Crippen molar-refractivity contribution < 1.29 is 19.2 Å². The number of carbonyl (C=O) groups excluding carboxylic acids is 1. The third-order valence-corrected chi connectivity index (χ3v) is 3.65. The lowest BCUT2D eigenvalue weighted by Crippen LogP contribution is -2.31. The Morgan fingerprint density at radius 1 is 1.29 bits per heavy atom. The molecule has 0 saturated carbocycles. The first-order valence-corrected chi connectivity index (χ1v) is 6.73. The second-order valence-electron chi connectivity index (χ2n) is 4.88. The summed E-state index contributed by atoms with van der Waals surface area (Å²) in [4.78, 5) is 23.1. The quantitative estimate of drug-likeness (QED) is 0.506. The summed E-state index contributed by atoms with van der Waals surface area (Å²) >= 11 is 0. The van der Waals surface area contributed by atoms with Gasteiger partial charge in [0.05, 0.1) is 19.1 Å². The molecule has 0 amide bonds. The summed E-state index contributed by atoms with van der Waals surface area (Å²) in [6.07, 6.45) is 1.47. The number of rotatable bonds is 5. The van der Waals surface area contributed by atoms with Gasteiger partial charge in [0.15, 0.2) is 11.5 Å². The van der Waals surface area contributed by atoms with Crippen LogP contribution in [0.4, 0.5) is 5.69 Å². The van der Waals surface area contributed by atoms with E-state index in [-0.39, 0.29) is 28.9 Å². The summed E-state index contributed by atoms with van der Waals surface area (Å²) in [5.74, 6) is 0.0397. The van der Waals surface area contributed by atoms with Crippen molar-refractivity contribution in [2.75, 3.05) is 27.3 Å². The number of ether oxygens (including phenoxy) is 2. The van der Waals surface area contributed by atoms with E-state index in [0.717, 1.165) is 25.9 Å². The van der Waals surface area contributed by atoms with Gasteiger partial charge >= 0.3 is 5.69 Å². The molecular formula is C14H18N2O5. The van der Waals surface area contributed by atoms with E-state index < -0.39 is 4.92 Å². The molecule has 0 bridgehead atoms. The number of nitro groups is 1. The molecule has 0 spiro atoms. The van der Waals surface area contributed by atoms with Gasteiger partial charge in [0.2, 0.25) is 5.75 Å². The van der Waals surface area contributed by atoms with Crippen LogP contribution in [0.1, 0.15) is 23.2 Å². The fourth-order valence-electron chi connectivity index (χ4n) is 2.54. The molecule has 2 rings (SSSR count). The Bertz CT molecular complexity index is 553. The minimum atomic E-state index is -0.569. The zero-order valence-electron chi connectivity index (χ0n) is 12.0. The predicted molar refractivity (Wildman–Crippen MR) is 76.1 cm³/mol. The lowest BCUT2D eigenvalue weighted by atomic mass is 9.89. The van der Waals surface area contributed by atoms with Gasteiger partial charge in [-0.3, -0.25) is 14.9 Å². The first-order chi connectivity index (χ1) is 10.1. The van der Waals surface area contributed by atoms with E-state index in [9.17, 15) is 14.9 Å². The molecule has 21 heavy (non-hydrogen) atoms. The Balaban J connectivity index is 2.41. The SMILES string of the molecule is COc1cc(C(=O)C2CCNCC2)cc([N+](=O)[O-])c1OC. The maximum atomic E-state index is 12.5. The average molecular weight is 294 g/mol. The first-order valence-electron chi connectivity index (χ1n) is 6.73. The van der Waals surface area contributed by atoms with Crippen LogP contribution < -0.4 is 14.8 Å². The van der Waals surface area contributed by atoms with Crippen LogP contribution in [-0.2, 0) is 0 Å². The molecule has 1 heterocycles. The lowest BCUT2D eigenvalue weighted by Gasteiger charge is -2.21. The van der Waals surface area contributed by atoms with Crippen LogP contribution >= 0.6 is 0 Å². The molecule has 7 heteroatoms. The first kappa shape index (κ1) is 15.2. The van der Waals surface area contributed by atoms with Gasteiger partial charge in [-0.15, -0.1) is 0 Å². The fraction of sp³-hybridized carbons (Fsp3) is 0.500. The normalized spacial score (nSPS) is 15.5. The van der Waals surface area contributed by atoms with Crippen molar-refractivity contribution in [1.29, 1.82) is 0 Å². The minimum absolute atomic E-state index is 0.0318. The van der Waals surface area contributed by atoms with Gasteiger partial charge in [-0.05, 0) is 32.0 Å². The molecule has 0 unspecified atom stereocenters. The topological polar surface area (TPSA) is 90.7 Å². The van der Waals surface area contributed by atoms with E-state index in [0.29, 0.717) is 5.56 Å². The van der Waals surface area contributed by atoms with Crippen molar-refractivity contribution in [3.8, 4) is 11.5 Å². The number of Topliss-reactive ketones (excluding diaryl/α,β-unsaturated/α-hetero) is 1. The number of ketones is 1. The molecule has 0 aliphatic carbocycles. The summed E-state index contributed by atoms with van der Waals surface area (Å²) in [6.45, 7) is 1.57. The lowest BCUT2D eigenvalue weighted by molar-refractivity contribution is -0.385. The van der Waals surface area contributed by atoms with Gasteiger partial charge in [0.1, 0.15) is 0 Å². The van der Waals surface area contributed by atoms with Crippen molar-refractivity contribution in [2.24, 2.45) is 5.92 Å². The third-order valence-electron chi connectivity index (χ3n) is 3.65. The molecule has 1 aromatic rings. The van der Waals surface area contributed by atoms with Crippen molar-refractivity contribution in [2.45, 2.75) is 12.8 Å². The van der Waals surface area contributed by atoms with Gasteiger partial charge in [0.25, 0.3) is 0 Å². The van der Waals surface area contributed by atoms with Crippen LogP contribution in [0.25, 0.3) is 0 Å². The Morgan fingerprint density at radius 2 is 1.95 bits per heavy atom. The monoisotopic (exact) mass is 294 g/mol. The van der Waals surface area contributed by atoms with E-state index in [1.54, 1.807) is 0 Å². The van der Waals surface area contributed by atoms with Crippen LogP contribution in [0, 0.1) is 16.0 Å². The van der Waals surface area contributed by atoms with Crippen LogP contribution in [0.5, 0.6) is 11.5 Å². The molecular weight excluding hydrogens is 276 g/mol. The van der Waals surface area contributed by atoms with Crippen molar-refractivity contribution in [3.05, 3.63) is 27.8 Å². The predicted octanol–water partition coefficient (Wildman–Crippen LogP) is 1.79. The molecule has 1 aliphatic heterocycles. The van der Waals surface area contributed by atoms with E-state index in [1.165, 1.54) is 26.4 Å². The molecule has 0 aromatic heterocycles. The Kier molecular flexibility index (Phi) is 4.74. The number of nitrogens with zero attached hydrogens (tertiary/aromatic N) is 1. The number of nitro benzene ring substituents is 1. The number of methoxy groups -OCH3 is 2. The maximum Gasteiger partial charge on any atom is 0.315 e. The van der Waals surface area contributed by atoms with Crippen LogP contribution in [0.2, 0.25) is 0 Å². The van der Waals surface area contributed by atoms with Gasteiger partial charge in [0, 0.05) is 17.5 Å². The summed E-state index contributed by atoms with van der Waals surface area (Å²) < 4.78 is 10.1. The molecule has 7 nitrogen and oxygen atoms in total. The highest BCUT2D eigenvalue weighted by molar-refractivity contribution is 5.99. The minimum Gasteiger partial charge on any atom is -0.493 e. The highest BCUT2D eigenvalue weighted by atomic mass is 16.6. The largest absolute Gasteiger partial charge is 0.493 e. The molecule has 1 N–H and O–H groups in total. The number of piperidine rings is 1. The molecule has 1 saturated heterocycles. The molecule has 0 atom stereocenters. The van der Waals surface area contributed by atoms with E-state index in [1.807, 2.05) is 0 Å². The van der Waals surface area contributed by atoms with Gasteiger partial charge in [-0.25, -0.2) is 0 Å². The average Bonchev–Trinajstić information content (AvgIpc) is 2.53. The number of carbonyl (C=O) groups is 1. The second kappa shape index (κ2) is 6.53. The zero-order chi connectivity index (χ0) is 15.4. The molecule has 1 fully saturated rings. The smallest absolute Gasteiger partial charge is 0.315 e. The summed E-state index contributed by atoms with van der Waals surface area (Å²) in [5, 5.41) is 14.3. The molecule has 0 radical (unpaired) electrons. The van der Waals surface area contributed by atoms with Crippen molar-refractivity contribution in [1.82, 2.24) is 5.32 Å². The van der Waals surface area contributed by atoms with E-state index >= 15 is 0 Å². The summed E-state index contributed by atoms with van der Waals surface area (Å²) in [5.41, 5.74) is 0.0420. The van der Waals surface area contributed by atoms with Crippen LogP contribution in [0.15, 0.2) is 12.1 Å². The Labute approximate surface area is 122 Å². The van der Waals surface area contributed by atoms with Crippen LogP contribution in [-0.4, -0.2) is 38.0 Å². The van der Waals surface area contributed by atoms with E-state index in [2.05, 4.69) is 5.32 Å². The summed E-state index contributed by atoms with van der Waals surface area (Å²) in [6, 6.07) is 2.78. The number of hydrogen-bond donors (Lipinski definition) is 1. The highest BCUT2D eigenvalue weighted by Crippen LogP contribution is 2.38. The van der Waals surface area contributed by atoms with E-state index in [4.69, 9.17) is 9.47 Å². The molecule has 114 valence electrons. The zero-order valence-corrected chi connectivity index (χ0v) is 12.0. The number of hydrogen-bond acceptors (Lipinski definition) is 6. The van der Waals surface area contributed by atoms with Crippen LogP contribution in [0.3, 0.4) is 0 Å². The standard InChI is InChI=1S/C14H18N2O5/c1-20-12-8-10(7-11(16(18)19)14(12)21-2)13(17)9-3-5-15-6-4-9/h7-9,15H,3-6H2,1-2H3. The Hall–Kier alpha value is -2.15. The second-order valence-corrected chi connectivity index (χ2v) is 4.88. The molecule has 1 aromatic carbocycles. The molecule has 1 aliphatic rings. The third kappa shape index (κ3) is 3.13. The Morgan fingerprint density at radius 3 is 2.48 bits per heavy atom. The van der Waals surface area contributed by atoms with Gasteiger partial charge in [-0.1, -0.05) is 0 Å². The fourth-order valence-corrected chi connectivity index (χ4v) is 2.54. The van der Waals surface area contributed by atoms with Crippen molar-refractivity contribution >= 4 is 11.5 Å². The van der Waals surface area contributed by atoms with Gasteiger partial charge < -0.3 is 14.8 Å². The van der Waals surface area contributed by atoms with Gasteiger partial charge in [-0.2, -0.15) is 0 Å². The maximum absolute atomic E-state index is 12.5. The summed E-state index contributed by atoms with van der Waals surface area (Å²) in [7, 11) is 2.72. The number of nitrogens with one attached hydrogen (secondary N) is 1.